The average Bonchev–Trinajstić information content (AvgIpc) is 2.01. The van der Waals surface area contributed by atoms with E-state index in [1.807, 2.05) is 0 Å². The van der Waals surface area contributed by atoms with E-state index in [0.717, 1.165) is 0 Å². The van der Waals surface area contributed by atoms with Gasteiger partial charge in [0, 0.05) is 19.2 Å². The predicted octanol–water partition coefficient (Wildman–Crippen LogP) is 0.381. The van der Waals surface area contributed by atoms with Gasteiger partial charge in [-0.3, -0.25) is 9.59 Å². The lowest BCUT2D eigenvalue weighted by atomic mass is 10.4. The quantitative estimate of drug-likeness (QED) is 0.436. The highest BCUT2D eigenvalue weighted by molar-refractivity contribution is 9.09. The number of esters is 1. The van der Waals surface area contributed by atoms with Gasteiger partial charge in [-0.25, -0.2) is 0 Å². The number of hydrogen-bond donors (Lipinski definition) is 1. The van der Waals surface area contributed by atoms with Gasteiger partial charge in [0.15, 0.2) is 0 Å². The Morgan fingerprint density at radius 3 is 2.38 bits per heavy atom. The van der Waals surface area contributed by atoms with Gasteiger partial charge in [-0.2, -0.15) is 0 Å². The lowest BCUT2D eigenvalue weighted by Gasteiger charge is -2.13. The van der Waals surface area contributed by atoms with Gasteiger partial charge in [0.25, 0.3) is 0 Å². The van der Waals surface area contributed by atoms with Crippen molar-refractivity contribution in [3.05, 3.63) is 0 Å². The summed E-state index contributed by atoms with van der Waals surface area (Å²) in [5, 5.41) is 0.487. The normalized spacial score (nSPS) is 11.9. The number of rotatable bonds is 5. The standard InChI is InChI=1S/C7H12BrNO4/c1-5(10)12-7(3-8)4-9-13-6(2)11/h7,9H,3-4H2,1-2H3. The molecule has 0 heterocycles. The summed E-state index contributed by atoms with van der Waals surface area (Å²) in [5.41, 5.74) is 2.38. The third-order valence-electron chi connectivity index (χ3n) is 1.03. The third-order valence-corrected chi connectivity index (χ3v) is 1.75. The van der Waals surface area contributed by atoms with E-state index in [1.54, 1.807) is 0 Å². The summed E-state index contributed by atoms with van der Waals surface area (Å²) in [6, 6.07) is 0. The molecule has 0 saturated heterocycles. The molecule has 6 heteroatoms. The molecule has 0 aliphatic rings. The second kappa shape index (κ2) is 6.85. The second-order valence-electron chi connectivity index (χ2n) is 2.33. The highest BCUT2D eigenvalue weighted by Gasteiger charge is 2.10. The maximum absolute atomic E-state index is 10.5. The first kappa shape index (κ1) is 12.4. The van der Waals surface area contributed by atoms with E-state index in [4.69, 9.17) is 4.74 Å². The zero-order chi connectivity index (χ0) is 10.3. The molecule has 5 nitrogen and oxygen atoms in total. The Bertz CT molecular complexity index is 185. The monoisotopic (exact) mass is 253 g/mol. The first-order chi connectivity index (χ1) is 6.06. The summed E-state index contributed by atoms with van der Waals surface area (Å²) in [6.07, 6.45) is -0.336. The summed E-state index contributed by atoms with van der Waals surface area (Å²) in [4.78, 5) is 25.3. The topological polar surface area (TPSA) is 64.6 Å². The number of alkyl halides is 1. The molecule has 0 radical (unpaired) electrons. The highest BCUT2D eigenvalue weighted by atomic mass is 79.9. The lowest BCUT2D eigenvalue weighted by molar-refractivity contribution is -0.152. The van der Waals surface area contributed by atoms with Gasteiger partial charge < -0.3 is 9.57 Å². The molecule has 0 aliphatic carbocycles. The molecule has 1 unspecified atom stereocenters. The molecule has 0 aromatic carbocycles. The maximum Gasteiger partial charge on any atom is 0.321 e. The van der Waals surface area contributed by atoms with Gasteiger partial charge in [0.1, 0.15) is 6.10 Å². The van der Waals surface area contributed by atoms with Gasteiger partial charge in [0.2, 0.25) is 0 Å². The number of halogens is 1. The van der Waals surface area contributed by atoms with E-state index in [2.05, 4.69) is 26.2 Å². The molecule has 0 bridgehead atoms. The minimum atomic E-state index is -0.434. The average molecular weight is 254 g/mol. The number of ether oxygens (including phenoxy) is 1. The first-order valence-corrected chi connectivity index (χ1v) is 4.82. The SMILES string of the molecule is CC(=O)ONCC(CBr)OC(C)=O. The van der Waals surface area contributed by atoms with Crippen LogP contribution in [0.15, 0.2) is 0 Å². The fraction of sp³-hybridized carbons (Fsp3) is 0.714. The van der Waals surface area contributed by atoms with Crippen LogP contribution in [-0.2, 0) is 19.2 Å². The Morgan fingerprint density at radius 1 is 1.38 bits per heavy atom. The second-order valence-corrected chi connectivity index (χ2v) is 2.98. The van der Waals surface area contributed by atoms with E-state index >= 15 is 0 Å². The van der Waals surface area contributed by atoms with Crippen molar-refractivity contribution in [1.29, 1.82) is 0 Å². The van der Waals surface area contributed by atoms with Crippen LogP contribution in [0.2, 0.25) is 0 Å². The number of hydrogen-bond acceptors (Lipinski definition) is 5. The minimum Gasteiger partial charge on any atom is -0.460 e. The number of hydroxylamine groups is 1. The number of carbonyl (C=O) groups excluding carboxylic acids is 2. The van der Waals surface area contributed by atoms with Crippen LogP contribution in [-0.4, -0.2) is 29.9 Å². The summed E-state index contributed by atoms with van der Waals surface area (Å²) in [6.45, 7) is 2.87. The van der Waals surface area contributed by atoms with Crippen molar-refractivity contribution in [3.8, 4) is 0 Å². The molecule has 0 spiro atoms. The molecule has 0 saturated carbocycles. The third kappa shape index (κ3) is 7.73. The van der Waals surface area contributed by atoms with E-state index in [-0.39, 0.29) is 18.6 Å². The number of nitrogens with one attached hydrogen (secondary N) is 1. The lowest BCUT2D eigenvalue weighted by Crippen LogP contribution is -2.32. The van der Waals surface area contributed by atoms with Crippen molar-refractivity contribution in [3.63, 3.8) is 0 Å². The van der Waals surface area contributed by atoms with Gasteiger partial charge in [0.05, 0.1) is 6.54 Å². The Balaban J connectivity index is 3.59. The smallest absolute Gasteiger partial charge is 0.321 e. The van der Waals surface area contributed by atoms with Crippen LogP contribution in [0.4, 0.5) is 0 Å². The zero-order valence-electron chi connectivity index (χ0n) is 7.50. The molecule has 0 aliphatic heterocycles. The molecule has 0 aromatic heterocycles. The van der Waals surface area contributed by atoms with Crippen molar-refractivity contribution < 1.29 is 19.2 Å². The van der Waals surface area contributed by atoms with E-state index in [9.17, 15) is 9.59 Å². The van der Waals surface area contributed by atoms with Crippen molar-refractivity contribution in [2.24, 2.45) is 0 Å². The van der Waals surface area contributed by atoms with Crippen LogP contribution >= 0.6 is 15.9 Å². The van der Waals surface area contributed by atoms with E-state index < -0.39 is 5.97 Å². The summed E-state index contributed by atoms with van der Waals surface area (Å²) >= 11 is 3.15. The fourth-order valence-corrected chi connectivity index (χ4v) is 0.960. The molecule has 1 N–H and O–H groups in total. The molecule has 1 atom stereocenters. The van der Waals surface area contributed by atoms with Gasteiger partial charge in [-0.15, -0.1) is 5.48 Å². The summed E-state index contributed by atoms with van der Waals surface area (Å²) in [5.74, 6) is -0.801. The number of carbonyl (C=O) groups is 2. The first-order valence-electron chi connectivity index (χ1n) is 3.69. The molecular formula is C7H12BrNO4. The Hall–Kier alpha value is -0.620. The van der Waals surface area contributed by atoms with Crippen LogP contribution in [0.25, 0.3) is 0 Å². The van der Waals surface area contributed by atoms with Gasteiger partial charge in [-0.1, -0.05) is 15.9 Å². The van der Waals surface area contributed by atoms with Crippen LogP contribution < -0.4 is 5.48 Å². The van der Waals surface area contributed by atoms with Crippen molar-refractivity contribution in [2.45, 2.75) is 20.0 Å². The molecule has 13 heavy (non-hydrogen) atoms. The van der Waals surface area contributed by atoms with E-state index in [1.165, 1.54) is 13.8 Å². The van der Waals surface area contributed by atoms with Crippen LogP contribution in [0.3, 0.4) is 0 Å². The predicted molar refractivity (Wildman–Crippen MR) is 49.1 cm³/mol. The van der Waals surface area contributed by atoms with Gasteiger partial charge >= 0.3 is 11.9 Å². The summed E-state index contributed by atoms with van der Waals surface area (Å²) < 4.78 is 4.84. The van der Waals surface area contributed by atoms with Crippen LogP contribution in [0.1, 0.15) is 13.8 Å². The van der Waals surface area contributed by atoms with Crippen LogP contribution in [0, 0.1) is 0 Å². The van der Waals surface area contributed by atoms with Crippen molar-refractivity contribution >= 4 is 27.9 Å². The Morgan fingerprint density at radius 2 is 2.00 bits per heavy atom. The molecule has 76 valence electrons. The van der Waals surface area contributed by atoms with E-state index in [0.29, 0.717) is 5.33 Å². The molecule has 0 amide bonds. The molecule has 0 fully saturated rings. The zero-order valence-corrected chi connectivity index (χ0v) is 9.09. The molecule has 0 rings (SSSR count). The Labute approximate surface area is 84.9 Å². The van der Waals surface area contributed by atoms with Crippen molar-refractivity contribution in [2.75, 3.05) is 11.9 Å². The highest BCUT2D eigenvalue weighted by Crippen LogP contribution is 1.96. The molecular weight excluding hydrogens is 242 g/mol. The van der Waals surface area contributed by atoms with Crippen LogP contribution in [0.5, 0.6) is 0 Å². The minimum absolute atomic E-state index is 0.268. The fourth-order valence-electron chi connectivity index (χ4n) is 0.599. The maximum atomic E-state index is 10.5. The largest absolute Gasteiger partial charge is 0.460 e. The molecule has 0 aromatic rings. The van der Waals surface area contributed by atoms with Crippen molar-refractivity contribution in [1.82, 2.24) is 5.48 Å². The Kier molecular flexibility index (Phi) is 6.52. The summed E-state index contributed by atoms with van der Waals surface area (Å²) in [7, 11) is 0. The van der Waals surface area contributed by atoms with Gasteiger partial charge in [-0.05, 0) is 0 Å².